The summed E-state index contributed by atoms with van der Waals surface area (Å²) >= 11 is 4.14. The molecule has 0 radical (unpaired) electrons. The highest BCUT2D eigenvalue weighted by atomic mass is 32.1. The van der Waals surface area contributed by atoms with Crippen molar-refractivity contribution in [1.82, 2.24) is 0 Å². The molecule has 0 aromatic carbocycles. The summed E-state index contributed by atoms with van der Waals surface area (Å²) in [6.45, 7) is 7.11. The molecule has 1 nitrogen and oxygen atoms in total. The Morgan fingerprint density at radius 2 is 2.15 bits per heavy atom. The van der Waals surface area contributed by atoms with Gasteiger partial charge in [0.25, 0.3) is 0 Å². The third-order valence-electron chi connectivity index (χ3n) is 1.83. The molecule has 2 heteroatoms. The fourth-order valence-electron chi connectivity index (χ4n) is 0.918. The van der Waals surface area contributed by atoms with Crippen LogP contribution in [0.5, 0.6) is 0 Å². The summed E-state index contributed by atoms with van der Waals surface area (Å²) in [7, 11) is 0. The number of carbonyl (C=O) groups excluding carboxylic acids is 1. The van der Waals surface area contributed by atoms with Gasteiger partial charge in [-0.25, -0.2) is 0 Å². The average Bonchev–Trinajstić information content (AvgIpc) is 2.12. The molecular formula is C11H16OS. The van der Waals surface area contributed by atoms with Crippen LogP contribution in [0.2, 0.25) is 0 Å². The van der Waals surface area contributed by atoms with Crippen LogP contribution in [-0.4, -0.2) is 11.5 Å². The predicted octanol–water partition coefficient (Wildman–Crippen LogP) is 2.95. The van der Waals surface area contributed by atoms with Crippen molar-refractivity contribution in [3.8, 4) is 0 Å². The van der Waals surface area contributed by atoms with E-state index in [4.69, 9.17) is 0 Å². The van der Waals surface area contributed by atoms with E-state index in [2.05, 4.69) is 19.2 Å². The normalized spacial score (nSPS) is 12.8. The molecule has 0 bridgehead atoms. The Balaban J connectivity index is 4.35. The van der Waals surface area contributed by atoms with E-state index in [0.29, 0.717) is 12.2 Å². The van der Waals surface area contributed by atoms with Gasteiger partial charge in [0.15, 0.2) is 5.78 Å². The molecule has 0 fully saturated rings. The van der Waals surface area contributed by atoms with E-state index in [1.807, 2.05) is 19.1 Å². The van der Waals surface area contributed by atoms with E-state index >= 15 is 0 Å². The van der Waals surface area contributed by atoms with Crippen molar-refractivity contribution in [3.05, 3.63) is 36.0 Å². The van der Waals surface area contributed by atoms with Crippen molar-refractivity contribution >= 4 is 18.4 Å². The van der Waals surface area contributed by atoms with Gasteiger partial charge in [-0.2, -0.15) is 12.6 Å². The summed E-state index contributed by atoms with van der Waals surface area (Å²) in [6, 6.07) is 0. The van der Waals surface area contributed by atoms with Crippen LogP contribution in [0.25, 0.3) is 0 Å². The minimum absolute atomic E-state index is 0.126. The van der Waals surface area contributed by atoms with Crippen molar-refractivity contribution in [2.45, 2.75) is 20.3 Å². The van der Waals surface area contributed by atoms with Crippen LogP contribution in [0.4, 0.5) is 0 Å². The molecule has 0 aliphatic rings. The van der Waals surface area contributed by atoms with Crippen LogP contribution in [0, 0.1) is 0 Å². The Bertz CT molecular complexity index is 249. The second-order valence-electron chi connectivity index (χ2n) is 2.72. The summed E-state index contributed by atoms with van der Waals surface area (Å²) < 4.78 is 0. The van der Waals surface area contributed by atoms with Gasteiger partial charge in [0.2, 0.25) is 0 Å². The number of hydrogen-bond donors (Lipinski definition) is 1. The van der Waals surface area contributed by atoms with Gasteiger partial charge in [-0.3, -0.25) is 4.79 Å². The first kappa shape index (κ1) is 12.2. The second kappa shape index (κ2) is 6.72. The topological polar surface area (TPSA) is 17.1 Å². The van der Waals surface area contributed by atoms with Crippen LogP contribution in [0.3, 0.4) is 0 Å². The standard InChI is InChI=1S/C11H16OS/c1-4-10(8-13)6-7-11(5-2)9(3)12/h4-6,13H,1,7-8H2,2-3H3/b10-6+,11-5+. The van der Waals surface area contributed by atoms with Gasteiger partial charge in [-0.1, -0.05) is 24.8 Å². The lowest BCUT2D eigenvalue weighted by atomic mass is 10.1. The van der Waals surface area contributed by atoms with Gasteiger partial charge >= 0.3 is 0 Å². The average molecular weight is 196 g/mol. The molecule has 0 N–H and O–H groups in total. The van der Waals surface area contributed by atoms with Gasteiger partial charge in [0.1, 0.15) is 0 Å². The lowest BCUT2D eigenvalue weighted by molar-refractivity contribution is -0.113. The first-order valence-electron chi connectivity index (χ1n) is 4.24. The Kier molecular flexibility index (Phi) is 6.33. The van der Waals surface area contributed by atoms with E-state index in [1.54, 1.807) is 13.0 Å². The smallest absolute Gasteiger partial charge is 0.155 e. The first-order valence-corrected chi connectivity index (χ1v) is 4.87. The molecule has 0 unspecified atom stereocenters. The van der Waals surface area contributed by atoms with E-state index in [9.17, 15) is 4.79 Å². The first-order chi connectivity index (χ1) is 6.15. The Morgan fingerprint density at radius 3 is 2.46 bits per heavy atom. The second-order valence-corrected chi connectivity index (χ2v) is 3.03. The zero-order valence-corrected chi connectivity index (χ0v) is 9.10. The molecule has 0 rings (SSSR count). The van der Waals surface area contributed by atoms with Gasteiger partial charge in [-0.05, 0) is 31.4 Å². The van der Waals surface area contributed by atoms with E-state index in [0.717, 1.165) is 11.1 Å². The van der Waals surface area contributed by atoms with Crippen molar-refractivity contribution in [2.24, 2.45) is 0 Å². The van der Waals surface area contributed by atoms with E-state index < -0.39 is 0 Å². The summed E-state index contributed by atoms with van der Waals surface area (Å²) in [6.07, 6.45) is 6.27. The Morgan fingerprint density at radius 1 is 1.54 bits per heavy atom. The van der Waals surface area contributed by atoms with Crippen LogP contribution in [-0.2, 0) is 4.79 Å². The molecule has 0 saturated carbocycles. The van der Waals surface area contributed by atoms with Crippen LogP contribution < -0.4 is 0 Å². The third-order valence-corrected chi connectivity index (χ3v) is 2.19. The maximum absolute atomic E-state index is 11.0. The highest BCUT2D eigenvalue weighted by Crippen LogP contribution is 2.08. The van der Waals surface area contributed by atoms with Crippen molar-refractivity contribution in [3.63, 3.8) is 0 Å². The van der Waals surface area contributed by atoms with Crippen molar-refractivity contribution < 1.29 is 4.79 Å². The maximum atomic E-state index is 11.0. The number of carbonyl (C=O) groups is 1. The van der Waals surface area contributed by atoms with Crippen LogP contribution in [0.15, 0.2) is 36.0 Å². The van der Waals surface area contributed by atoms with Gasteiger partial charge in [-0.15, -0.1) is 0 Å². The van der Waals surface area contributed by atoms with Gasteiger partial charge < -0.3 is 0 Å². The molecule has 0 heterocycles. The monoisotopic (exact) mass is 196 g/mol. The zero-order chi connectivity index (χ0) is 10.3. The molecule has 0 aromatic heterocycles. The molecule has 0 atom stereocenters. The number of hydrogen-bond acceptors (Lipinski definition) is 2. The molecule has 0 aliphatic carbocycles. The van der Waals surface area contributed by atoms with Gasteiger partial charge in [0, 0.05) is 5.75 Å². The predicted molar refractivity (Wildman–Crippen MR) is 61.2 cm³/mol. The highest BCUT2D eigenvalue weighted by Gasteiger charge is 1.99. The van der Waals surface area contributed by atoms with Crippen LogP contribution in [0.1, 0.15) is 20.3 Å². The lowest BCUT2D eigenvalue weighted by Gasteiger charge is -1.99. The SMILES string of the molecule is C=C/C(=C\C/C(=C\C)C(C)=O)CS. The maximum Gasteiger partial charge on any atom is 0.155 e. The molecule has 0 saturated heterocycles. The number of Topliss-reactive ketones (excluding diaryl/α,β-unsaturated/α-hetero) is 1. The molecule has 72 valence electrons. The molecule has 13 heavy (non-hydrogen) atoms. The minimum Gasteiger partial charge on any atom is -0.295 e. The van der Waals surface area contributed by atoms with Crippen molar-refractivity contribution in [2.75, 3.05) is 5.75 Å². The summed E-state index contributed by atoms with van der Waals surface area (Å²) in [4.78, 5) is 11.0. The Labute approximate surface area is 85.6 Å². The fourth-order valence-corrected chi connectivity index (χ4v) is 1.18. The quantitative estimate of drug-likeness (QED) is 0.406. The Hall–Kier alpha value is -0.760. The summed E-state index contributed by atoms with van der Waals surface area (Å²) in [5.41, 5.74) is 1.89. The molecule has 0 aromatic rings. The largest absolute Gasteiger partial charge is 0.295 e. The number of thiol groups is 1. The molecule has 0 aliphatic heterocycles. The minimum atomic E-state index is 0.126. The van der Waals surface area contributed by atoms with Gasteiger partial charge in [0.05, 0.1) is 0 Å². The zero-order valence-electron chi connectivity index (χ0n) is 8.21. The number of allylic oxidation sites excluding steroid dienone is 4. The highest BCUT2D eigenvalue weighted by molar-refractivity contribution is 7.80. The molecule has 0 spiro atoms. The van der Waals surface area contributed by atoms with E-state index in [1.165, 1.54) is 0 Å². The summed E-state index contributed by atoms with van der Waals surface area (Å²) in [5, 5.41) is 0. The van der Waals surface area contributed by atoms with Crippen molar-refractivity contribution in [1.29, 1.82) is 0 Å². The number of rotatable bonds is 5. The number of ketones is 1. The van der Waals surface area contributed by atoms with E-state index in [-0.39, 0.29) is 5.78 Å². The third kappa shape index (κ3) is 4.73. The fraction of sp³-hybridized carbons (Fsp3) is 0.364. The lowest BCUT2D eigenvalue weighted by Crippen LogP contribution is -1.95. The summed E-state index contributed by atoms with van der Waals surface area (Å²) in [5.74, 6) is 0.791. The van der Waals surface area contributed by atoms with Crippen LogP contribution >= 0.6 is 12.6 Å². The molecule has 0 amide bonds. The molecular weight excluding hydrogens is 180 g/mol.